The van der Waals surface area contributed by atoms with Crippen molar-refractivity contribution < 1.29 is 19.6 Å². The Bertz CT molecular complexity index is 482. The Balaban J connectivity index is 2.42. The number of aromatic carboxylic acids is 1. The van der Waals surface area contributed by atoms with Gasteiger partial charge in [-0.15, -0.1) is 0 Å². The molecule has 7 heteroatoms. The van der Waals surface area contributed by atoms with Crippen molar-refractivity contribution in [2.75, 3.05) is 31.2 Å². The molecule has 0 spiro atoms. The molecule has 2 rings (SSSR count). The van der Waals surface area contributed by atoms with Crippen molar-refractivity contribution in [1.82, 2.24) is 0 Å². The Morgan fingerprint density at radius 3 is 2.61 bits per heavy atom. The Morgan fingerprint density at radius 2 is 2.06 bits per heavy atom. The molecule has 1 aromatic rings. The smallest absolute Gasteiger partial charge is 0.337 e. The monoisotopic (exact) mass is 252 g/mol. The molecular formula is C11H12N2O5. The summed E-state index contributed by atoms with van der Waals surface area (Å²) in [5.41, 5.74) is 0.337. The lowest BCUT2D eigenvalue weighted by Gasteiger charge is -2.29. The molecule has 18 heavy (non-hydrogen) atoms. The van der Waals surface area contributed by atoms with E-state index in [4.69, 9.17) is 9.84 Å². The van der Waals surface area contributed by atoms with Gasteiger partial charge in [0.25, 0.3) is 5.69 Å². The molecular weight excluding hydrogens is 240 g/mol. The van der Waals surface area contributed by atoms with Crippen molar-refractivity contribution in [3.8, 4) is 0 Å². The minimum atomic E-state index is -1.09. The molecule has 0 atom stereocenters. The number of hydrogen-bond acceptors (Lipinski definition) is 5. The predicted molar refractivity (Wildman–Crippen MR) is 63.1 cm³/mol. The fraction of sp³-hybridized carbons (Fsp3) is 0.364. The molecule has 96 valence electrons. The molecule has 0 aromatic heterocycles. The normalized spacial score (nSPS) is 15.4. The zero-order valence-corrected chi connectivity index (χ0v) is 9.54. The number of hydrogen-bond donors (Lipinski definition) is 1. The highest BCUT2D eigenvalue weighted by atomic mass is 16.6. The molecule has 0 aliphatic carbocycles. The highest BCUT2D eigenvalue weighted by Gasteiger charge is 2.21. The van der Waals surface area contributed by atoms with Crippen LogP contribution in [0, 0.1) is 10.1 Å². The number of carboxylic acid groups (broad SMARTS) is 1. The van der Waals surface area contributed by atoms with E-state index in [1.807, 2.05) is 0 Å². The van der Waals surface area contributed by atoms with Gasteiger partial charge in [0.2, 0.25) is 0 Å². The van der Waals surface area contributed by atoms with Gasteiger partial charge in [-0.05, 0) is 6.07 Å². The van der Waals surface area contributed by atoms with E-state index in [2.05, 4.69) is 0 Å². The summed E-state index contributed by atoms with van der Waals surface area (Å²) in [5, 5.41) is 19.8. The van der Waals surface area contributed by atoms with E-state index >= 15 is 0 Å². The van der Waals surface area contributed by atoms with Gasteiger partial charge in [-0.2, -0.15) is 0 Å². The largest absolute Gasteiger partial charge is 0.478 e. The Kier molecular flexibility index (Phi) is 3.42. The van der Waals surface area contributed by atoms with Crippen LogP contribution in [0.15, 0.2) is 18.2 Å². The number of ether oxygens (including phenoxy) is 1. The van der Waals surface area contributed by atoms with Crippen molar-refractivity contribution in [1.29, 1.82) is 0 Å². The molecule has 0 amide bonds. The number of nitro benzene ring substituents is 1. The van der Waals surface area contributed by atoms with E-state index in [-0.39, 0.29) is 11.3 Å². The molecule has 1 aromatic carbocycles. The van der Waals surface area contributed by atoms with Crippen LogP contribution in [-0.2, 0) is 4.74 Å². The number of nitro groups is 1. The number of nitrogens with zero attached hydrogens (tertiary/aromatic N) is 2. The highest BCUT2D eigenvalue weighted by molar-refractivity contribution is 5.95. The lowest BCUT2D eigenvalue weighted by atomic mass is 10.1. The second-order valence-corrected chi connectivity index (χ2v) is 3.86. The van der Waals surface area contributed by atoms with Gasteiger partial charge in [0, 0.05) is 25.2 Å². The zero-order valence-electron chi connectivity index (χ0n) is 9.54. The number of carbonyl (C=O) groups is 1. The maximum absolute atomic E-state index is 11.1. The van der Waals surface area contributed by atoms with Gasteiger partial charge in [0.05, 0.1) is 29.4 Å². The van der Waals surface area contributed by atoms with Gasteiger partial charge in [-0.1, -0.05) is 0 Å². The molecule has 1 heterocycles. The molecule has 1 saturated heterocycles. The average molecular weight is 252 g/mol. The molecule has 0 radical (unpaired) electrons. The standard InChI is InChI=1S/C11H12N2O5/c14-11(15)9-2-1-8(13(16)17)7-10(9)12-3-5-18-6-4-12/h1-2,7H,3-6H2,(H,14,15). The third-order valence-corrected chi connectivity index (χ3v) is 2.77. The van der Waals surface area contributed by atoms with Crippen molar-refractivity contribution in [3.63, 3.8) is 0 Å². The fourth-order valence-electron chi connectivity index (χ4n) is 1.88. The summed E-state index contributed by atoms with van der Waals surface area (Å²) in [6, 6.07) is 3.77. The first-order chi connectivity index (χ1) is 8.59. The first kappa shape index (κ1) is 12.3. The van der Waals surface area contributed by atoms with E-state index < -0.39 is 10.9 Å². The van der Waals surface area contributed by atoms with Gasteiger partial charge in [-0.3, -0.25) is 10.1 Å². The number of carboxylic acids is 1. The van der Waals surface area contributed by atoms with E-state index in [0.717, 1.165) is 0 Å². The minimum absolute atomic E-state index is 0.0718. The molecule has 1 aliphatic heterocycles. The predicted octanol–water partition coefficient (Wildman–Crippen LogP) is 1.13. The lowest BCUT2D eigenvalue weighted by Crippen LogP contribution is -2.37. The molecule has 1 N–H and O–H groups in total. The van der Waals surface area contributed by atoms with Gasteiger partial charge in [0.15, 0.2) is 0 Å². The number of morpholine rings is 1. The lowest BCUT2D eigenvalue weighted by molar-refractivity contribution is -0.384. The second kappa shape index (κ2) is 5.01. The number of anilines is 1. The summed E-state index contributed by atoms with van der Waals surface area (Å²) in [4.78, 5) is 23.1. The van der Waals surface area contributed by atoms with E-state index in [0.29, 0.717) is 32.0 Å². The van der Waals surface area contributed by atoms with Crippen molar-refractivity contribution in [3.05, 3.63) is 33.9 Å². The van der Waals surface area contributed by atoms with E-state index in [1.54, 1.807) is 4.90 Å². The summed E-state index contributed by atoms with van der Waals surface area (Å²) in [5.74, 6) is -1.09. The minimum Gasteiger partial charge on any atom is -0.478 e. The topological polar surface area (TPSA) is 92.9 Å². The quantitative estimate of drug-likeness (QED) is 0.640. The Labute approximate surface area is 103 Å². The van der Waals surface area contributed by atoms with Gasteiger partial charge in [-0.25, -0.2) is 4.79 Å². The fourth-order valence-corrected chi connectivity index (χ4v) is 1.88. The van der Waals surface area contributed by atoms with Gasteiger partial charge < -0.3 is 14.7 Å². The summed E-state index contributed by atoms with van der Waals surface area (Å²) < 4.78 is 5.18. The maximum Gasteiger partial charge on any atom is 0.337 e. The molecule has 0 saturated carbocycles. The van der Waals surface area contributed by atoms with Crippen LogP contribution in [0.1, 0.15) is 10.4 Å². The van der Waals surface area contributed by atoms with Crippen LogP contribution in [0.2, 0.25) is 0 Å². The SMILES string of the molecule is O=C(O)c1ccc([N+](=O)[O-])cc1N1CCOCC1. The Hall–Kier alpha value is -2.15. The summed E-state index contributed by atoms with van der Waals surface area (Å²) in [6.07, 6.45) is 0. The number of non-ortho nitro benzene ring substituents is 1. The molecule has 0 bridgehead atoms. The summed E-state index contributed by atoms with van der Waals surface area (Å²) >= 11 is 0. The van der Waals surface area contributed by atoms with Gasteiger partial charge >= 0.3 is 5.97 Å². The summed E-state index contributed by atoms with van der Waals surface area (Å²) in [7, 11) is 0. The molecule has 7 nitrogen and oxygen atoms in total. The number of benzene rings is 1. The number of rotatable bonds is 3. The van der Waals surface area contributed by atoms with Crippen LogP contribution in [0.3, 0.4) is 0 Å². The third-order valence-electron chi connectivity index (χ3n) is 2.77. The van der Waals surface area contributed by atoms with Crippen molar-refractivity contribution >= 4 is 17.3 Å². The van der Waals surface area contributed by atoms with Crippen LogP contribution in [-0.4, -0.2) is 42.3 Å². The Morgan fingerprint density at radius 1 is 1.39 bits per heavy atom. The van der Waals surface area contributed by atoms with Gasteiger partial charge in [0.1, 0.15) is 0 Å². The van der Waals surface area contributed by atoms with Crippen molar-refractivity contribution in [2.24, 2.45) is 0 Å². The van der Waals surface area contributed by atoms with E-state index in [1.165, 1.54) is 18.2 Å². The summed E-state index contributed by atoms with van der Waals surface area (Å²) in [6.45, 7) is 2.03. The van der Waals surface area contributed by atoms with E-state index in [9.17, 15) is 14.9 Å². The van der Waals surface area contributed by atoms with Crippen LogP contribution in [0.4, 0.5) is 11.4 Å². The van der Waals surface area contributed by atoms with Crippen molar-refractivity contribution in [2.45, 2.75) is 0 Å². The molecule has 1 aliphatic rings. The van der Waals surface area contributed by atoms with Crippen LogP contribution < -0.4 is 4.90 Å². The average Bonchev–Trinajstić information content (AvgIpc) is 2.39. The van der Waals surface area contributed by atoms with Crippen LogP contribution in [0.25, 0.3) is 0 Å². The molecule has 0 unspecified atom stereocenters. The maximum atomic E-state index is 11.1. The first-order valence-corrected chi connectivity index (χ1v) is 5.44. The van der Waals surface area contributed by atoms with Crippen LogP contribution >= 0.6 is 0 Å². The molecule has 1 fully saturated rings. The second-order valence-electron chi connectivity index (χ2n) is 3.86. The first-order valence-electron chi connectivity index (χ1n) is 5.44. The third kappa shape index (κ3) is 2.40. The van der Waals surface area contributed by atoms with Crippen LogP contribution in [0.5, 0.6) is 0 Å². The highest BCUT2D eigenvalue weighted by Crippen LogP contribution is 2.26. The zero-order chi connectivity index (χ0) is 13.1.